The normalized spacial score (nSPS) is 11.3. The number of thiophene rings is 1. The van der Waals surface area contributed by atoms with Gasteiger partial charge in [0, 0.05) is 17.8 Å². The molecule has 2 aromatic heterocycles. The van der Waals surface area contributed by atoms with E-state index < -0.39 is 15.9 Å². The van der Waals surface area contributed by atoms with Crippen molar-refractivity contribution in [1.82, 2.24) is 9.71 Å². The zero-order valence-corrected chi connectivity index (χ0v) is 12.1. The van der Waals surface area contributed by atoms with Crippen molar-refractivity contribution in [2.24, 2.45) is 0 Å². The predicted molar refractivity (Wildman–Crippen MR) is 73.0 cm³/mol. The first-order valence-electron chi connectivity index (χ1n) is 5.10. The van der Waals surface area contributed by atoms with Crippen molar-refractivity contribution < 1.29 is 13.2 Å². The van der Waals surface area contributed by atoms with Gasteiger partial charge in [-0.2, -0.15) is 11.3 Å². The summed E-state index contributed by atoms with van der Waals surface area (Å²) >= 11 is 7.00. The van der Waals surface area contributed by atoms with E-state index >= 15 is 0 Å². The van der Waals surface area contributed by atoms with Crippen LogP contribution < -0.4 is 4.72 Å². The van der Waals surface area contributed by atoms with Gasteiger partial charge in [-0.3, -0.25) is 9.78 Å². The van der Waals surface area contributed by atoms with Crippen LogP contribution in [0.5, 0.6) is 0 Å². The molecule has 19 heavy (non-hydrogen) atoms. The number of hydrogen-bond donors (Lipinski definition) is 1. The van der Waals surface area contributed by atoms with E-state index in [9.17, 15) is 13.2 Å². The number of nitrogens with one attached hydrogen (secondary N) is 1. The Morgan fingerprint density at radius 3 is 2.68 bits per heavy atom. The summed E-state index contributed by atoms with van der Waals surface area (Å²) in [6.45, 7) is 1.74. The van der Waals surface area contributed by atoms with Gasteiger partial charge in [-0.15, -0.1) is 0 Å². The third-order valence-corrected chi connectivity index (χ3v) is 4.68. The smallest absolute Gasteiger partial charge is 0.266 e. The number of hydrogen-bond acceptors (Lipinski definition) is 5. The molecule has 0 saturated heterocycles. The van der Waals surface area contributed by atoms with Crippen LogP contribution in [0.3, 0.4) is 0 Å². The van der Waals surface area contributed by atoms with Crippen LogP contribution in [-0.4, -0.2) is 19.3 Å². The Kier molecular flexibility index (Phi) is 3.88. The molecule has 2 aromatic rings. The van der Waals surface area contributed by atoms with E-state index in [1.54, 1.807) is 17.7 Å². The molecule has 0 spiro atoms. The van der Waals surface area contributed by atoms with Crippen molar-refractivity contribution in [3.05, 3.63) is 45.4 Å². The molecule has 100 valence electrons. The number of aryl methyl sites for hydroxylation is 1. The molecule has 2 heterocycles. The Hall–Kier alpha value is -1.44. The van der Waals surface area contributed by atoms with Gasteiger partial charge in [-0.1, -0.05) is 11.6 Å². The zero-order chi connectivity index (χ0) is 14.0. The van der Waals surface area contributed by atoms with Crippen LogP contribution in [0.25, 0.3) is 0 Å². The number of amides is 1. The lowest BCUT2D eigenvalue weighted by Gasteiger charge is -2.06. The molecule has 0 saturated carbocycles. The highest BCUT2D eigenvalue weighted by Gasteiger charge is 2.20. The van der Waals surface area contributed by atoms with Gasteiger partial charge in [0.1, 0.15) is 4.90 Å². The first-order chi connectivity index (χ1) is 8.90. The Morgan fingerprint density at radius 2 is 2.11 bits per heavy atom. The van der Waals surface area contributed by atoms with E-state index in [1.807, 2.05) is 4.72 Å². The van der Waals surface area contributed by atoms with Crippen LogP contribution in [0.1, 0.15) is 15.9 Å². The molecule has 0 fully saturated rings. The third kappa shape index (κ3) is 3.12. The summed E-state index contributed by atoms with van der Waals surface area (Å²) in [5, 5.41) is 3.54. The summed E-state index contributed by atoms with van der Waals surface area (Å²) in [4.78, 5) is 15.4. The molecule has 0 aromatic carbocycles. The number of pyridine rings is 1. The van der Waals surface area contributed by atoms with Crippen molar-refractivity contribution in [3.63, 3.8) is 0 Å². The van der Waals surface area contributed by atoms with E-state index in [-0.39, 0.29) is 9.92 Å². The minimum atomic E-state index is -3.97. The Morgan fingerprint density at radius 1 is 1.37 bits per heavy atom. The quantitative estimate of drug-likeness (QED) is 0.942. The summed E-state index contributed by atoms with van der Waals surface area (Å²) in [6.07, 6.45) is 2.44. The second-order valence-corrected chi connectivity index (χ2v) is 6.60. The monoisotopic (exact) mass is 316 g/mol. The maximum atomic E-state index is 12.0. The molecule has 5 nitrogen and oxygen atoms in total. The molecule has 0 aliphatic rings. The maximum Gasteiger partial charge on any atom is 0.266 e. The summed E-state index contributed by atoms with van der Waals surface area (Å²) in [5.41, 5.74) is 1.06. The molecule has 1 N–H and O–H groups in total. The molecule has 0 unspecified atom stereocenters. The van der Waals surface area contributed by atoms with Crippen LogP contribution in [0, 0.1) is 6.92 Å². The van der Waals surface area contributed by atoms with Gasteiger partial charge < -0.3 is 0 Å². The summed E-state index contributed by atoms with van der Waals surface area (Å²) < 4.78 is 25.9. The van der Waals surface area contributed by atoms with Gasteiger partial charge in [0.15, 0.2) is 0 Å². The summed E-state index contributed by atoms with van der Waals surface area (Å²) in [5.74, 6) is -0.668. The number of sulfonamides is 1. The van der Waals surface area contributed by atoms with E-state index in [4.69, 9.17) is 11.6 Å². The van der Waals surface area contributed by atoms with Gasteiger partial charge in [-0.25, -0.2) is 13.1 Å². The highest BCUT2D eigenvalue weighted by molar-refractivity contribution is 7.90. The maximum absolute atomic E-state index is 12.0. The lowest BCUT2D eigenvalue weighted by atomic mass is 10.2. The highest BCUT2D eigenvalue weighted by atomic mass is 35.5. The van der Waals surface area contributed by atoms with Crippen molar-refractivity contribution in [2.75, 3.05) is 0 Å². The minimum Gasteiger partial charge on any atom is -0.268 e. The molecule has 0 radical (unpaired) electrons. The highest BCUT2D eigenvalue weighted by Crippen LogP contribution is 2.16. The van der Waals surface area contributed by atoms with Crippen molar-refractivity contribution in [2.45, 2.75) is 11.8 Å². The molecule has 1 amide bonds. The van der Waals surface area contributed by atoms with Gasteiger partial charge in [0.25, 0.3) is 15.9 Å². The predicted octanol–water partition coefficient (Wildman–Crippen LogP) is 2.22. The van der Waals surface area contributed by atoms with Gasteiger partial charge in [0.2, 0.25) is 0 Å². The number of rotatable bonds is 3. The first kappa shape index (κ1) is 14.0. The zero-order valence-electron chi connectivity index (χ0n) is 9.75. The van der Waals surface area contributed by atoms with Crippen molar-refractivity contribution >= 4 is 38.9 Å². The fourth-order valence-electron chi connectivity index (χ4n) is 1.37. The van der Waals surface area contributed by atoms with E-state index in [1.165, 1.54) is 23.6 Å². The lowest BCUT2D eigenvalue weighted by molar-refractivity contribution is 0.0981. The van der Waals surface area contributed by atoms with Crippen LogP contribution in [0.4, 0.5) is 0 Å². The van der Waals surface area contributed by atoms with E-state index in [2.05, 4.69) is 4.98 Å². The molecule has 0 bridgehead atoms. The van der Waals surface area contributed by atoms with E-state index in [0.29, 0.717) is 5.56 Å². The average molecular weight is 317 g/mol. The van der Waals surface area contributed by atoms with Gasteiger partial charge in [-0.05, 0) is 23.9 Å². The van der Waals surface area contributed by atoms with Crippen LogP contribution in [0.2, 0.25) is 5.02 Å². The van der Waals surface area contributed by atoms with Gasteiger partial charge in [0.05, 0.1) is 10.6 Å². The second-order valence-electron chi connectivity index (χ2n) is 3.74. The average Bonchev–Trinajstić information content (AvgIpc) is 2.75. The Balaban J connectivity index is 2.28. The summed E-state index contributed by atoms with van der Waals surface area (Å²) in [7, 11) is -3.97. The molecule has 8 heteroatoms. The fourth-order valence-corrected chi connectivity index (χ4v) is 3.39. The fraction of sp³-hybridized carbons (Fsp3) is 0.0909. The molecule has 0 aliphatic heterocycles. The summed E-state index contributed by atoms with van der Waals surface area (Å²) in [6, 6.07) is 1.23. The SMILES string of the molecule is Cc1cscc1C(=O)NS(=O)(=O)c1cncc(Cl)c1. The lowest BCUT2D eigenvalue weighted by Crippen LogP contribution is -2.30. The van der Waals surface area contributed by atoms with Crippen molar-refractivity contribution in [1.29, 1.82) is 0 Å². The second kappa shape index (κ2) is 5.28. The van der Waals surface area contributed by atoms with E-state index in [0.717, 1.165) is 11.8 Å². The molecule has 2 rings (SSSR count). The number of aromatic nitrogens is 1. The Labute approximate surface area is 119 Å². The first-order valence-corrected chi connectivity index (χ1v) is 7.91. The number of nitrogens with zero attached hydrogens (tertiary/aromatic N) is 1. The number of halogens is 1. The minimum absolute atomic E-state index is 0.152. The Bertz CT molecular complexity index is 725. The topological polar surface area (TPSA) is 76.1 Å². The molecule has 0 atom stereocenters. The number of carbonyl (C=O) groups is 1. The molecular weight excluding hydrogens is 308 g/mol. The van der Waals surface area contributed by atoms with Gasteiger partial charge >= 0.3 is 0 Å². The van der Waals surface area contributed by atoms with Crippen LogP contribution >= 0.6 is 22.9 Å². The molecule has 0 aliphatic carbocycles. The van der Waals surface area contributed by atoms with Crippen molar-refractivity contribution in [3.8, 4) is 0 Å². The number of carbonyl (C=O) groups excluding carboxylic acids is 1. The standard InChI is InChI=1S/C11H9ClN2O3S2/c1-7-5-18-6-10(7)11(15)14-19(16,17)9-2-8(12)3-13-4-9/h2-6H,1H3,(H,14,15). The third-order valence-electron chi connectivity index (χ3n) is 2.32. The van der Waals surface area contributed by atoms with Crippen LogP contribution in [0.15, 0.2) is 34.1 Å². The largest absolute Gasteiger partial charge is 0.268 e. The molecular formula is C11H9ClN2O3S2. The van der Waals surface area contributed by atoms with Crippen LogP contribution in [-0.2, 0) is 10.0 Å².